The second kappa shape index (κ2) is 6.58. The van der Waals surface area contributed by atoms with Gasteiger partial charge in [-0.15, -0.1) is 0 Å². The first-order valence-corrected chi connectivity index (χ1v) is 6.65. The van der Waals surface area contributed by atoms with Crippen LogP contribution in [0.5, 0.6) is 0 Å². The molecule has 1 heterocycles. The molecule has 2 N–H and O–H groups in total. The zero-order valence-corrected chi connectivity index (χ0v) is 11.4. The van der Waals surface area contributed by atoms with Crippen LogP contribution < -0.4 is 5.73 Å². The Bertz CT molecular complexity index is 192. The third-order valence-corrected chi connectivity index (χ3v) is 3.96. The average molecular weight is 227 g/mol. The molecule has 16 heavy (non-hydrogen) atoms. The van der Waals surface area contributed by atoms with E-state index in [2.05, 4.69) is 37.7 Å². The Labute approximate surface area is 101 Å². The monoisotopic (exact) mass is 227 g/mol. The maximum atomic E-state index is 6.18. The summed E-state index contributed by atoms with van der Waals surface area (Å²) >= 11 is 0. The van der Waals surface area contributed by atoms with Crippen LogP contribution in [0.3, 0.4) is 0 Å². The molecule has 3 atom stereocenters. The molecule has 0 aromatic rings. The lowest BCUT2D eigenvalue weighted by Crippen LogP contribution is -2.41. The van der Waals surface area contributed by atoms with Gasteiger partial charge in [-0.2, -0.15) is 0 Å². The van der Waals surface area contributed by atoms with E-state index in [0.29, 0.717) is 12.0 Å². The van der Waals surface area contributed by atoms with E-state index in [9.17, 15) is 0 Å². The average Bonchev–Trinajstić information content (AvgIpc) is 2.62. The number of nitrogens with zero attached hydrogens (tertiary/aromatic N) is 2. The van der Waals surface area contributed by atoms with Crippen molar-refractivity contribution in [2.45, 2.75) is 32.7 Å². The second-order valence-electron chi connectivity index (χ2n) is 5.69. The zero-order chi connectivity index (χ0) is 12.1. The molecule has 3 nitrogen and oxygen atoms in total. The van der Waals surface area contributed by atoms with Crippen molar-refractivity contribution >= 4 is 0 Å². The number of hydrogen-bond donors (Lipinski definition) is 1. The summed E-state index contributed by atoms with van der Waals surface area (Å²) in [5, 5.41) is 0. The molecule has 1 fully saturated rings. The van der Waals surface area contributed by atoms with Crippen molar-refractivity contribution in [3.63, 3.8) is 0 Å². The van der Waals surface area contributed by atoms with Crippen molar-refractivity contribution in [1.82, 2.24) is 9.80 Å². The van der Waals surface area contributed by atoms with Gasteiger partial charge in [0.25, 0.3) is 0 Å². The molecule has 0 aromatic heterocycles. The molecule has 1 aliphatic heterocycles. The van der Waals surface area contributed by atoms with Crippen LogP contribution in [0, 0.1) is 11.8 Å². The summed E-state index contributed by atoms with van der Waals surface area (Å²) in [5.74, 6) is 1.48. The van der Waals surface area contributed by atoms with Gasteiger partial charge >= 0.3 is 0 Å². The summed E-state index contributed by atoms with van der Waals surface area (Å²) in [6.45, 7) is 9.22. The molecule has 0 spiro atoms. The van der Waals surface area contributed by atoms with Gasteiger partial charge in [0, 0.05) is 25.7 Å². The smallest absolute Gasteiger partial charge is 0.0193 e. The lowest BCUT2D eigenvalue weighted by molar-refractivity contribution is 0.237. The second-order valence-corrected chi connectivity index (χ2v) is 5.69. The lowest BCUT2D eigenvalue weighted by atomic mass is 9.99. The fourth-order valence-electron chi connectivity index (χ4n) is 2.53. The van der Waals surface area contributed by atoms with Crippen LogP contribution in [0.4, 0.5) is 0 Å². The van der Waals surface area contributed by atoms with Crippen molar-refractivity contribution < 1.29 is 0 Å². The third kappa shape index (κ3) is 4.40. The van der Waals surface area contributed by atoms with Crippen LogP contribution in [-0.4, -0.2) is 56.1 Å². The molecule has 1 saturated heterocycles. The van der Waals surface area contributed by atoms with Crippen molar-refractivity contribution in [2.75, 3.05) is 40.3 Å². The normalized spacial score (nSPS) is 26.2. The van der Waals surface area contributed by atoms with E-state index in [1.807, 2.05) is 0 Å². The van der Waals surface area contributed by atoms with Crippen LogP contribution in [-0.2, 0) is 0 Å². The highest BCUT2D eigenvalue weighted by molar-refractivity contribution is 4.78. The minimum atomic E-state index is 0.328. The molecule has 96 valence electrons. The fraction of sp³-hybridized carbons (Fsp3) is 1.00. The van der Waals surface area contributed by atoms with E-state index in [0.717, 1.165) is 12.5 Å². The van der Waals surface area contributed by atoms with Gasteiger partial charge in [-0.25, -0.2) is 0 Å². The van der Waals surface area contributed by atoms with Gasteiger partial charge in [0.1, 0.15) is 0 Å². The van der Waals surface area contributed by atoms with Gasteiger partial charge in [-0.3, -0.25) is 0 Å². The molecular formula is C13H29N3. The Morgan fingerprint density at radius 1 is 1.50 bits per heavy atom. The highest BCUT2D eigenvalue weighted by atomic mass is 15.2. The number of likely N-dealkylation sites (tertiary alicyclic amines) is 1. The first-order chi connectivity index (χ1) is 7.52. The van der Waals surface area contributed by atoms with Crippen molar-refractivity contribution in [3.8, 4) is 0 Å². The molecule has 0 saturated carbocycles. The Morgan fingerprint density at radius 3 is 2.69 bits per heavy atom. The summed E-state index contributed by atoms with van der Waals surface area (Å²) in [5.41, 5.74) is 6.18. The zero-order valence-electron chi connectivity index (χ0n) is 11.4. The first kappa shape index (κ1) is 13.9. The molecule has 3 heteroatoms. The molecule has 0 aromatic carbocycles. The van der Waals surface area contributed by atoms with E-state index in [4.69, 9.17) is 5.73 Å². The predicted molar refractivity (Wildman–Crippen MR) is 70.5 cm³/mol. The maximum Gasteiger partial charge on any atom is 0.0193 e. The fourth-order valence-corrected chi connectivity index (χ4v) is 2.53. The van der Waals surface area contributed by atoms with Crippen LogP contribution in [0.25, 0.3) is 0 Å². The van der Waals surface area contributed by atoms with Crippen LogP contribution in [0.2, 0.25) is 0 Å². The van der Waals surface area contributed by atoms with Crippen molar-refractivity contribution in [3.05, 3.63) is 0 Å². The Balaban J connectivity index is 2.22. The standard InChI is InChI=1S/C13H29N3/c1-5-11(2)13(14)10-16(4)9-12-6-7-15(3)8-12/h11-13H,5-10,14H2,1-4H3. The minimum absolute atomic E-state index is 0.328. The summed E-state index contributed by atoms with van der Waals surface area (Å²) in [6.07, 6.45) is 2.53. The summed E-state index contributed by atoms with van der Waals surface area (Å²) in [6, 6.07) is 0.328. The van der Waals surface area contributed by atoms with Crippen molar-refractivity contribution in [2.24, 2.45) is 17.6 Å². The molecule has 0 radical (unpaired) electrons. The molecule has 1 aliphatic rings. The Kier molecular flexibility index (Phi) is 5.73. The van der Waals surface area contributed by atoms with Gasteiger partial charge in [0.05, 0.1) is 0 Å². The quantitative estimate of drug-likeness (QED) is 0.741. The number of likely N-dealkylation sites (N-methyl/N-ethyl adjacent to an activating group) is 1. The summed E-state index contributed by atoms with van der Waals surface area (Å²) in [4.78, 5) is 4.84. The van der Waals surface area contributed by atoms with E-state index in [1.165, 1.54) is 32.5 Å². The highest BCUT2D eigenvalue weighted by Gasteiger charge is 2.22. The molecule has 1 rings (SSSR count). The summed E-state index contributed by atoms with van der Waals surface area (Å²) in [7, 11) is 4.42. The van der Waals surface area contributed by atoms with Gasteiger partial charge in [-0.05, 0) is 38.9 Å². The molecule has 0 bridgehead atoms. The highest BCUT2D eigenvalue weighted by Crippen LogP contribution is 2.15. The van der Waals surface area contributed by atoms with E-state index in [-0.39, 0.29) is 0 Å². The third-order valence-electron chi connectivity index (χ3n) is 3.96. The van der Waals surface area contributed by atoms with Gasteiger partial charge in [0.2, 0.25) is 0 Å². The maximum absolute atomic E-state index is 6.18. The number of rotatable bonds is 6. The SMILES string of the molecule is CCC(C)C(N)CN(C)CC1CCN(C)C1. The molecule has 0 amide bonds. The lowest BCUT2D eigenvalue weighted by Gasteiger charge is -2.27. The van der Waals surface area contributed by atoms with Gasteiger partial charge < -0.3 is 15.5 Å². The molecule has 0 aliphatic carbocycles. The molecule has 3 unspecified atom stereocenters. The van der Waals surface area contributed by atoms with E-state index < -0.39 is 0 Å². The Hall–Kier alpha value is -0.120. The predicted octanol–water partition coefficient (Wildman–Crippen LogP) is 1.24. The summed E-state index contributed by atoms with van der Waals surface area (Å²) < 4.78 is 0. The van der Waals surface area contributed by atoms with Gasteiger partial charge in [-0.1, -0.05) is 20.3 Å². The van der Waals surface area contributed by atoms with E-state index in [1.54, 1.807) is 0 Å². The minimum Gasteiger partial charge on any atom is -0.326 e. The number of hydrogen-bond acceptors (Lipinski definition) is 3. The van der Waals surface area contributed by atoms with Crippen LogP contribution in [0.15, 0.2) is 0 Å². The Morgan fingerprint density at radius 2 is 2.19 bits per heavy atom. The van der Waals surface area contributed by atoms with Crippen LogP contribution >= 0.6 is 0 Å². The topological polar surface area (TPSA) is 32.5 Å². The van der Waals surface area contributed by atoms with Gasteiger partial charge in [0.15, 0.2) is 0 Å². The number of nitrogens with two attached hydrogens (primary N) is 1. The largest absolute Gasteiger partial charge is 0.326 e. The molecular weight excluding hydrogens is 198 g/mol. The van der Waals surface area contributed by atoms with Crippen LogP contribution in [0.1, 0.15) is 26.7 Å². The first-order valence-electron chi connectivity index (χ1n) is 6.65. The van der Waals surface area contributed by atoms with E-state index >= 15 is 0 Å². The van der Waals surface area contributed by atoms with Crippen molar-refractivity contribution in [1.29, 1.82) is 0 Å².